The number of ether oxygens (including phenoxy) is 2. The van der Waals surface area contributed by atoms with Crippen molar-refractivity contribution in [2.75, 3.05) is 26.9 Å². The van der Waals surface area contributed by atoms with Crippen LogP contribution in [0.2, 0.25) is 0 Å². The lowest BCUT2D eigenvalue weighted by Crippen LogP contribution is -2.51. The highest BCUT2D eigenvalue weighted by Gasteiger charge is 2.38. The second kappa shape index (κ2) is 10.4. The number of hydrogen-bond acceptors (Lipinski definition) is 6. The summed E-state index contributed by atoms with van der Waals surface area (Å²) in [5.41, 5.74) is 7.86. The largest absolute Gasteiger partial charge is 0.497 e. The highest BCUT2D eigenvalue weighted by Crippen LogP contribution is 2.47. The maximum absolute atomic E-state index is 11.3. The predicted molar refractivity (Wildman–Crippen MR) is 115 cm³/mol. The highest BCUT2D eigenvalue weighted by atomic mass is 31.2. The van der Waals surface area contributed by atoms with Crippen LogP contribution in [-0.2, 0) is 26.5 Å². The van der Waals surface area contributed by atoms with E-state index in [2.05, 4.69) is 12.1 Å². The molecule has 0 atom stereocenters. The highest BCUT2D eigenvalue weighted by molar-refractivity contribution is 7.47. The number of nitrogens with two attached hydrogens (primary N) is 1. The molecule has 1 fully saturated rings. The molecule has 2 aromatic carbocycles. The Hall–Kier alpha value is -1.89. The Bertz CT molecular complexity index is 828. The molecule has 2 aromatic rings. The summed E-state index contributed by atoms with van der Waals surface area (Å²) in [6.45, 7) is 0.703. The third-order valence-corrected chi connectivity index (χ3v) is 6.06. The van der Waals surface area contributed by atoms with Crippen molar-refractivity contribution < 1.29 is 28.0 Å². The summed E-state index contributed by atoms with van der Waals surface area (Å²) < 4.78 is 32.0. The van der Waals surface area contributed by atoms with Gasteiger partial charge in [0.25, 0.3) is 0 Å². The van der Waals surface area contributed by atoms with Crippen LogP contribution in [0.3, 0.4) is 0 Å². The number of benzene rings is 2. The molecule has 1 aliphatic rings. The lowest BCUT2D eigenvalue weighted by molar-refractivity contribution is 0.0372. The number of aryl methyl sites for hydroxylation is 2. The summed E-state index contributed by atoms with van der Waals surface area (Å²) in [6.07, 6.45) is 4.39. The van der Waals surface area contributed by atoms with Gasteiger partial charge in [0.1, 0.15) is 11.5 Å². The number of unbranched alkanes of at least 4 members (excludes halogenated alkanes) is 1. The van der Waals surface area contributed by atoms with Crippen LogP contribution in [0.4, 0.5) is 0 Å². The van der Waals surface area contributed by atoms with Gasteiger partial charge in [-0.05, 0) is 67.5 Å². The second-order valence-corrected chi connectivity index (χ2v) is 9.13. The van der Waals surface area contributed by atoms with Gasteiger partial charge in [-0.1, -0.05) is 24.3 Å². The molecule has 8 heteroatoms. The standard InChI is InChI=1S/C22H30NO6P/c1-26-20-9-5-18(6-10-20)4-2-3-15-27-21-11-7-19(8-12-21)13-14-22(23)16-28-30(24,25)29-17-22/h5-12H,2-4,13-17,23H2,1H3,(H,24,25). The van der Waals surface area contributed by atoms with E-state index in [1.165, 1.54) is 5.56 Å². The first-order valence-electron chi connectivity index (χ1n) is 10.1. The normalized spacial score (nSPS) is 23.8. The lowest BCUT2D eigenvalue weighted by Gasteiger charge is -2.34. The zero-order valence-corrected chi connectivity index (χ0v) is 18.2. The lowest BCUT2D eigenvalue weighted by atomic mass is 9.94. The summed E-state index contributed by atoms with van der Waals surface area (Å²) in [6, 6.07) is 16.1. The Morgan fingerprint density at radius 1 is 0.967 bits per heavy atom. The van der Waals surface area contributed by atoms with Gasteiger partial charge in [-0.3, -0.25) is 9.05 Å². The van der Waals surface area contributed by atoms with Crippen LogP contribution in [-0.4, -0.2) is 37.4 Å². The van der Waals surface area contributed by atoms with Gasteiger partial charge in [-0.15, -0.1) is 0 Å². The molecule has 0 aromatic heterocycles. The zero-order chi connectivity index (χ0) is 21.5. The van der Waals surface area contributed by atoms with Crippen molar-refractivity contribution in [3.8, 4) is 11.5 Å². The van der Waals surface area contributed by atoms with E-state index in [4.69, 9.17) is 24.3 Å². The fourth-order valence-corrected chi connectivity index (χ4v) is 4.12. The molecule has 3 rings (SSSR count). The van der Waals surface area contributed by atoms with Crippen LogP contribution in [0.25, 0.3) is 0 Å². The molecule has 164 valence electrons. The molecule has 3 N–H and O–H groups in total. The quantitative estimate of drug-likeness (QED) is 0.432. The van der Waals surface area contributed by atoms with E-state index < -0.39 is 13.4 Å². The molecule has 0 spiro atoms. The Labute approximate surface area is 177 Å². The first kappa shape index (κ1) is 22.8. The molecule has 0 unspecified atom stereocenters. The van der Waals surface area contributed by atoms with E-state index in [-0.39, 0.29) is 13.2 Å². The van der Waals surface area contributed by atoms with E-state index in [9.17, 15) is 9.46 Å². The summed E-state index contributed by atoms with van der Waals surface area (Å²) in [4.78, 5) is 9.24. The van der Waals surface area contributed by atoms with E-state index in [0.717, 1.165) is 42.7 Å². The van der Waals surface area contributed by atoms with Crippen molar-refractivity contribution in [2.24, 2.45) is 5.73 Å². The average molecular weight is 435 g/mol. The molecule has 0 saturated carbocycles. The van der Waals surface area contributed by atoms with Crippen LogP contribution in [0.1, 0.15) is 30.4 Å². The predicted octanol–water partition coefficient (Wildman–Crippen LogP) is 3.87. The molecule has 7 nitrogen and oxygen atoms in total. The summed E-state index contributed by atoms with van der Waals surface area (Å²) >= 11 is 0. The molecule has 30 heavy (non-hydrogen) atoms. The third kappa shape index (κ3) is 7.11. The fourth-order valence-electron chi connectivity index (χ4n) is 3.20. The molecular weight excluding hydrogens is 405 g/mol. The first-order valence-corrected chi connectivity index (χ1v) is 11.6. The molecule has 0 aliphatic carbocycles. The number of methoxy groups -OCH3 is 1. The van der Waals surface area contributed by atoms with Crippen molar-refractivity contribution in [3.05, 3.63) is 59.7 Å². The van der Waals surface area contributed by atoms with E-state index in [0.29, 0.717) is 13.0 Å². The van der Waals surface area contributed by atoms with E-state index >= 15 is 0 Å². The van der Waals surface area contributed by atoms with Gasteiger partial charge in [0.2, 0.25) is 0 Å². The third-order valence-electron chi connectivity index (χ3n) is 5.15. The van der Waals surface area contributed by atoms with E-state index in [1.54, 1.807) is 7.11 Å². The van der Waals surface area contributed by atoms with Gasteiger partial charge in [0.05, 0.1) is 32.5 Å². The Balaban J connectivity index is 1.33. The van der Waals surface area contributed by atoms with Crippen LogP contribution in [0, 0.1) is 0 Å². The summed E-state index contributed by atoms with van der Waals surface area (Å²) in [5, 5.41) is 0. The van der Waals surface area contributed by atoms with Gasteiger partial charge in [0, 0.05) is 0 Å². The van der Waals surface area contributed by atoms with Crippen LogP contribution in [0.5, 0.6) is 11.5 Å². The Kier molecular flexibility index (Phi) is 7.92. The van der Waals surface area contributed by atoms with Gasteiger partial charge in [-0.2, -0.15) is 0 Å². The SMILES string of the molecule is COc1ccc(CCCCOc2ccc(CCC3(N)COP(=O)(O)OC3)cc2)cc1. The summed E-state index contributed by atoms with van der Waals surface area (Å²) in [5.74, 6) is 1.72. The smallest absolute Gasteiger partial charge is 0.472 e. The van der Waals surface area contributed by atoms with Gasteiger partial charge < -0.3 is 20.1 Å². The number of phosphoric acid groups is 1. The number of hydrogen-bond donors (Lipinski definition) is 2. The maximum Gasteiger partial charge on any atom is 0.472 e. The fraction of sp³-hybridized carbons (Fsp3) is 0.455. The summed E-state index contributed by atoms with van der Waals surface area (Å²) in [7, 11) is -2.24. The monoisotopic (exact) mass is 435 g/mol. The number of rotatable bonds is 10. The molecule has 0 radical (unpaired) electrons. The average Bonchev–Trinajstić information content (AvgIpc) is 2.76. The molecule has 1 heterocycles. The van der Waals surface area contributed by atoms with E-state index in [1.807, 2.05) is 36.4 Å². The first-order chi connectivity index (χ1) is 14.4. The van der Waals surface area contributed by atoms with Crippen LogP contribution < -0.4 is 15.2 Å². The van der Waals surface area contributed by atoms with Crippen molar-refractivity contribution in [1.29, 1.82) is 0 Å². The number of phosphoric ester groups is 1. The molecule has 0 bridgehead atoms. The zero-order valence-electron chi connectivity index (χ0n) is 17.3. The topological polar surface area (TPSA) is 100 Å². The van der Waals surface area contributed by atoms with Crippen LogP contribution >= 0.6 is 7.82 Å². The Morgan fingerprint density at radius 3 is 2.13 bits per heavy atom. The van der Waals surface area contributed by atoms with Gasteiger partial charge in [0.15, 0.2) is 0 Å². The molecule has 1 aliphatic heterocycles. The molecule has 1 saturated heterocycles. The Morgan fingerprint density at radius 2 is 1.53 bits per heavy atom. The van der Waals surface area contributed by atoms with Gasteiger partial charge in [-0.25, -0.2) is 4.57 Å². The van der Waals surface area contributed by atoms with Crippen LogP contribution in [0.15, 0.2) is 48.5 Å². The molecular formula is C22H30NO6P. The second-order valence-electron chi connectivity index (χ2n) is 7.68. The minimum Gasteiger partial charge on any atom is -0.497 e. The van der Waals surface area contributed by atoms with Crippen molar-refractivity contribution in [1.82, 2.24) is 0 Å². The van der Waals surface area contributed by atoms with Crippen molar-refractivity contribution in [3.63, 3.8) is 0 Å². The minimum absolute atomic E-state index is 0.0124. The van der Waals surface area contributed by atoms with Crippen molar-refractivity contribution in [2.45, 2.75) is 37.6 Å². The maximum atomic E-state index is 11.3. The minimum atomic E-state index is -3.91. The van der Waals surface area contributed by atoms with Gasteiger partial charge >= 0.3 is 7.82 Å². The molecule has 0 amide bonds. The van der Waals surface area contributed by atoms with Crippen molar-refractivity contribution >= 4 is 7.82 Å².